The third kappa shape index (κ3) is 4.60. The zero-order valence-corrected chi connectivity index (χ0v) is 10.1. The maximum absolute atomic E-state index is 11.1. The standard InChI is InChI=1S/C13H13N3O2/c1-18-13(17)9-8-12-6-3-2-5-11(12)7-4-10-15-16-14/h2-3,5-6H,8-10H2,1H3. The fourth-order valence-corrected chi connectivity index (χ4v) is 1.40. The summed E-state index contributed by atoms with van der Waals surface area (Å²) in [5.74, 6) is 5.44. The number of hydrogen-bond donors (Lipinski definition) is 0. The van der Waals surface area contributed by atoms with Crippen molar-refractivity contribution in [1.29, 1.82) is 0 Å². The van der Waals surface area contributed by atoms with E-state index in [2.05, 4.69) is 26.6 Å². The molecular formula is C13H13N3O2. The molecule has 0 saturated heterocycles. The lowest BCUT2D eigenvalue weighted by atomic mass is 10.0. The lowest BCUT2D eigenvalue weighted by Crippen LogP contribution is -2.02. The highest BCUT2D eigenvalue weighted by molar-refractivity contribution is 5.69. The molecule has 0 aromatic heterocycles. The average molecular weight is 243 g/mol. The van der Waals surface area contributed by atoms with E-state index >= 15 is 0 Å². The summed E-state index contributed by atoms with van der Waals surface area (Å²) < 4.78 is 4.59. The van der Waals surface area contributed by atoms with E-state index in [0.29, 0.717) is 12.8 Å². The van der Waals surface area contributed by atoms with Gasteiger partial charge in [0.2, 0.25) is 0 Å². The minimum absolute atomic E-state index is 0.141. The maximum atomic E-state index is 11.1. The van der Waals surface area contributed by atoms with Crippen LogP contribution in [0.2, 0.25) is 0 Å². The van der Waals surface area contributed by atoms with Gasteiger partial charge in [-0.2, -0.15) is 0 Å². The average Bonchev–Trinajstić information content (AvgIpc) is 2.42. The van der Waals surface area contributed by atoms with Crippen molar-refractivity contribution in [3.05, 3.63) is 45.8 Å². The van der Waals surface area contributed by atoms with Gasteiger partial charge in [-0.25, -0.2) is 0 Å². The Labute approximate surface area is 105 Å². The Bertz CT molecular complexity index is 523. The van der Waals surface area contributed by atoms with Crippen LogP contribution in [0, 0.1) is 11.8 Å². The molecule has 0 spiro atoms. The Morgan fingerprint density at radius 1 is 1.50 bits per heavy atom. The number of hydrogen-bond acceptors (Lipinski definition) is 3. The van der Waals surface area contributed by atoms with Gasteiger partial charge in [0.05, 0.1) is 13.7 Å². The fraction of sp³-hybridized carbons (Fsp3) is 0.308. The molecule has 0 aliphatic rings. The lowest BCUT2D eigenvalue weighted by Gasteiger charge is -2.03. The number of azide groups is 1. The summed E-state index contributed by atoms with van der Waals surface area (Å²) in [6.07, 6.45) is 0.907. The molecular weight excluding hydrogens is 230 g/mol. The highest BCUT2D eigenvalue weighted by atomic mass is 16.5. The Hall–Kier alpha value is -2.44. The quantitative estimate of drug-likeness (QED) is 0.268. The normalized spacial score (nSPS) is 8.72. The van der Waals surface area contributed by atoms with E-state index < -0.39 is 0 Å². The van der Waals surface area contributed by atoms with Gasteiger partial charge in [-0.05, 0) is 23.6 Å². The zero-order valence-electron chi connectivity index (χ0n) is 10.1. The molecule has 1 aromatic rings. The Morgan fingerprint density at radius 3 is 3.00 bits per heavy atom. The van der Waals surface area contributed by atoms with Gasteiger partial charge >= 0.3 is 5.97 Å². The summed E-state index contributed by atoms with van der Waals surface area (Å²) in [5.41, 5.74) is 9.95. The van der Waals surface area contributed by atoms with Gasteiger partial charge in [-0.1, -0.05) is 35.2 Å². The largest absolute Gasteiger partial charge is 0.469 e. The Morgan fingerprint density at radius 2 is 2.28 bits per heavy atom. The van der Waals surface area contributed by atoms with E-state index in [1.165, 1.54) is 7.11 Å². The number of methoxy groups -OCH3 is 1. The number of benzene rings is 1. The van der Waals surface area contributed by atoms with Crippen molar-refractivity contribution in [3.63, 3.8) is 0 Å². The van der Waals surface area contributed by atoms with Gasteiger partial charge in [0, 0.05) is 16.9 Å². The third-order valence-electron chi connectivity index (χ3n) is 2.28. The molecule has 0 saturated carbocycles. The van der Waals surface area contributed by atoms with Crippen molar-refractivity contribution < 1.29 is 9.53 Å². The SMILES string of the molecule is COC(=O)CCc1ccccc1C#CCN=[N+]=[N-]. The molecule has 0 N–H and O–H groups in total. The van der Waals surface area contributed by atoms with Crippen molar-refractivity contribution in [2.75, 3.05) is 13.7 Å². The van der Waals surface area contributed by atoms with Crippen LogP contribution in [0.15, 0.2) is 29.4 Å². The second-order valence-electron chi connectivity index (χ2n) is 3.42. The number of rotatable bonds is 4. The number of aryl methyl sites for hydroxylation is 1. The molecule has 0 unspecified atom stereocenters. The number of ether oxygens (including phenoxy) is 1. The van der Waals surface area contributed by atoms with Crippen molar-refractivity contribution in [2.24, 2.45) is 5.11 Å². The summed E-state index contributed by atoms with van der Waals surface area (Å²) in [6, 6.07) is 7.56. The number of carbonyl (C=O) groups excluding carboxylic acids is 1. The van der Waals surface area contributed by atoms with E-state index in [-0.39, 0.29) is 12.5 Å². The Balaban J connectivity index is 2.74. The molecule has 18 heavy (non-hydrogen) atoms. The second kappa shape index (κ2) is 7.77. The lowest BCUT2D eigenvalue weighted by molar-refractivity contribution is -0.140. The summed E-state index contributed by atoms with van der Waals surface area (Å²) >= 11 is 0. The van der Waals surface area contributed by atoms with Crippen LogP contribution in [0.3, 0.4) is 0 Å². The van der Waals surface area contributed by atoms with Crippen molar-refractivity contribution in [2.45, 2.75) is 12.8 Å². The Kier molecular flexibility index (Phi) is 5.88. The maximum Gasteiger partial charge on any atom is 0.305 e. The monoisotopic (exact) mass is 243 g/mol. The van der Waals surface area contributed by atoms with Gasteiger partial charge in [0.15, 0.2) is 0 Å². The summed E-state index contributed by atoms with van der Waals surface area (Å²) in [5, 5.41) is 3.34. The van der Waals surface area contributed by atoms with Crippen LogP contribution in [0.25, 0.3) is 10.4 Å². The summed E-state index contributed by atoms with van der Waals surface area (Å²) in [4.78, 5) is 13.7. The summed E-state index contributed by atoms with van der Waals surface area (Å²) in [7, 11) is 1.37. The number of carbonyl (C=O) groups is 1. The van der Waals surface area contributed by atoms with Gasteiger partial charge in [0.1, 0.15) is 0 Å². The molecule has 0 atom stereocenters. The van der Waals surface area contributed by atoms with E-state index in [0.717, 1.165) is 11.1 Å². The second-order valence-corrected chi connectivity index (χ2v) is 3.42. The van der Waals surface area contributed by atoms with E-state index in [9.17, 15) is 4.79 Å². The van der Waals surface area contributed by atoms with Crippen LogP contribution in [0.4, 0.5) is 0 Å². The molecule has 92 valence electrons. The van der Waals surface area contributed by atoms with Crippen molar-refractivity contribution in [1.82, 2.24) is 0 Å². The van der Waals surface area contributed by atoms with Crippen LogP contribution in [0.5, 0.6) is 0 Å². The highest BCUT2D eigenvalue weighted by Gasteiger charge is 2.03. The van der Waals surface area contributed by atoms with Gasteiger partial charge in [0.25, 0.3) is 0 Å². The molecule has 0 heterocycles. The number of nitrogens with zero attached hydrogens (tertiary/aromatic N) is 3. The molecule has 0 aliphatic carbocycles. The first kappa shape index (κ1) is 13.6. The molecule has 0 fully saturated rings. The van der Waals surface area contributed by atoms with Crippen LogP contribution < -0.4 is 0 Å². The minimum atomic E-state index is -0.244. The predicted octanol–water partition coefficient (Wildman–Crippen LogP) is 2.45. The molecule has 5 nitrogen and oxygen atoms in total. The molecule has 0 radical (unpaired) electrons. The zero-order chi connectivity index (χ0) is 13.2. The molecule has 5 heteroatoms. The smallest absolute Gasteiger partial charge is 0.305 e. The highest BCUT2D eigenvalue weighted by Crippen LogP contribution is 2.10. The molecule has 1 rings (SSSR count). The van der Waals surface area contributed by atoms with Gasteiger partial charge in [-0.3, -0.25) is 4.79 Å². The first-order chi connectivity index (χ1) is 8.77. The van der Waals surface area contributed by atoms with Gasteiger partial charge < -0.3 is 4.74 Å². The fourth-order valence-electron chi connectivity index (χ4n) is 1.40. The van der Waals surface area contributed by atoms with Crippen LogP contribution in [-0.2, 0) is 16.0 Å². The first-order valence-corrected chi connectivity index (χ1v) is 5.42. The van der Waals surface area contributed by atoms with E-state index in [4.69, 9.17) is 5.53 Å². The summed E-state index contributed by atoms with van der Waals surface area (Å²) in [6.45, 7) is 0.141. The molecule has 1 aromatic carbocycles. The van der Waals surface area contributed by atoms with Crippen molar-refractivity contribution in [3.8, 4) is 11.8 Å². The van der Waals surface area contributed by atoms with Gasteiger partial charge in [-0.15, -0.1) is 0 Å². The molecule has 0 bridgehead atoms. The topological polar surface area (TPSA) is 75.1 Å². The van der Waals surface area contributed by atoms with Crippen molar-refractivity contribution >= 4 is 5.97 Å². The predicted molar refractivity (Wildman–Crippen MR) is 67.7 cm³/mol. The van der Waals surface area contributed by atoms with E-state index in [1.807, 2.05) is 24.3 Å². The van der Waals surface area contributed by atoms with Crippen LogP contribution in [0.1, 0.15) is 17.5 Å². The molecule has 0 aliphatic heterocycles. The number of esters is 1. The van der Waals surface area contributed by atoms with Crippen LogP contribution >= 0.6 is 0 Å². The van der Waals surface area contributed by atoms with Crippen LogP contribution in [-0.4, -0.2) is 19.6 Å². The first-order valence-electron chi connectivity index (χ1n) is 5.42. The molecule has 0 amide bonds. The third-order valence-corrected chi connectivity index (χ3v) is 2.28. The minimum Gasteiger partial charge on any atom is -0.469 e. The van der Waals surface area contributed by atoms with E-state index in [1.54, 1.807) is 0 Å².